The lowest BCUT2D eigenvalue weighted by Gasteiger charge is -2.35. The van der Waals surface area contributed by atoms with E-state index < -0.39 is 6.10 Å². The van der Waals surface area contributed by atoms with Gasteiger partial charge in [0, 0.05) is 62.2 Å². The van der Waals surface area contributed by atoms with Crippen LogP contribution in [0.1, 0.15) is 0 Å². The number of anilines is 1. The molecule has 0 bridgehead atoms. The molecule has 0 unspecified atom stereocenters. The molecule has 1 atom stereocenters. The summed E-state index contributed by atoms with van der Waals surface area (Å²) in [6, 6.07) is 9.70. The monoisotopic (exact) mass is 425 g/mol. The van der Waals surface area contributed by atoms with E-state index >= 15 is 0 Å². The number of aliphatic hydroxyl groups excluding tert-OH is 1. The van der Waals surface area contributed by atoms with Crippen LogP contribution >= 0.6 is 24.8 Å². The lowest BCUT2D eigenvalue weighted by molar-refractivity contribution is 0.0667. The Morgan fingerprint density at radius 1 is 1.04 bits per heavy atom. The summed E-state index contributed by atoms with van der Waals surface area (Å²) >= 11 is 0. The largest absolute Gasteiger partial charge is 0.490 e. The van der Waals surface area contributed by atoms with Crippen molar-refractivity contribution in [3.63, 3.8) is 0 Å². The van der Waals surface area contributed by atoms with E-state index in [0.29, 0.717) is 6.54 Å². The molecule has 0 amide bonds. The number of halogens is 2. The van der Waals surface area contributed by atoms with Crippen molar-refractivity contribution < 1.29 is 9.84 Å². The number of H-pyrrole nitrogens is 1. The fourth-order valence-corrected chi connectivity index (χ4v) is 3.30. The molecule has 0 saturated carbocycles. The minimum absolute atomic E-state index is 0. The van der Waals surface area contributed by atoms with E-state index in [9.17, 15) is 5.11 Å². The first kappa shape index (κ1) is 22.2. The van der Waals surface area contributed by atoms with E-state index in [4.69, 9.17) is 4.74 Å². The average molecular weight is 426 g/mol. The number of nitrogens with zero attached hydrogens (tertiary/aromatic N) is 4. The first-order valence-corrected chi connectivity index (χ1v) is 8.91. The minimum Gasteiger partial charge on any atom is -0.490 e. The number of piperazine rings is 1. The van der Waals surface area contributed by atoms with Gasteiger partial charge in [0.1, 0.15) is 18.5 Å². The van der Waals surface area contributed by atoms with Crippen LogP contribution in [0.5, 0.6) is 5.75 Å². The van der Waals surface area contributed by atoms with Crippen molar-refractivity contribution >= 4 is 41.7 Å². The number of hydrogen-bond donors (Lipinski definition) is 2. The number of benzene rings is 1. The molecule has 0 spiro atoms. The molecule has 4 rings (SSSR count). The van der Waals surface area contributed by atoms with Gasteiger partial charge in [0.2, 0.25) is 5.95 Å². The second-order valence-corrected chi connectivity index (χ2v) is 6.50. The molecule has 1 aliphatic heterocycles. The number of rotatable bonds is 6. The molecule has 9 heteroatoms. The van der Waals surface area contributed by atoms with Gasteiger partial charge in [-0.1, -0.05) is 6.07 Å². The Morgan fingerprint density at radius 2 is 1.79 bits per heavy atom. The van der Waals surface area contributed by atoms with Crippen LogP contribution in [0.3, 0.4) is 0 Å². The molecule has 3 heterocycles. The van der Waals surface area contributed by atoms with Gasteiger partial charge in [0.15, 0.2) is 0 Å². The standard InChI is InChI=1S/C19H23N5O2.2ClH/c25-15(14-26-18-4-1-3-17-16(18)5-8-20-17)13-23-9-11-24(12-10-23)19-21-6-2-7-22-19;;/h1-8,15,20,25H,9-14H2;2*1H/t15-;;/m0../s1. The van der Waals surface area contributed by atoms with Crippen LogP contribution in [-0.4, -0.2) is 70.4 Å². The number of fused-ring (bicyclic) bond motifs is 1. The zero-order valence-electron chi connectivity index (χ0n) is 15.4. The highest BCUT2D eigenvalue weighted by Crippen LogP contribution is 2.24. The number of nitrogens with one attached hydrogen (secondary N) is 1. The van der Waals surface area contributed by atoms with Crippen LogP contribution in [0.15, 0.2) is 48.9 Å². The quantitative estimate of drug-likeness (QED) is 0.630. The Kier molecular flexibility index (Phi) is 8.32. The smallest absolute Gasteiger partial charge is 0.225 e. The maximum atomic E-state index is 10.4. The van der Waals surface area contributed by atoms with E-state index in [1.807, 2.05) is 36.5 Å². The summed E-state index contributed by atoms with van der Waals surface area (Å²) in [6.07, 6.45) is 4.90. The Bertz CT molecular complexity index is 840. The molecule has 0 radical (unpaired) electrons. The third-order valence-corrected chi connectivity index (χ3v) is 4.66. The SMILES string of the molecule is Cl.Cl.O[C@H](COc1cccc2[nH]ccc12)CN1CCN(c2ncccn2)CC1. The van der Waals surface area contributed by atoms with E-state index in [0.717, 1.165) is 48.8 Å². The molecule has 1 fully saturated rings. The predicted octanol–water partition coefficient (Wildman–Crippen LogP) is 2.36. The summed E-state index contributed by atoms with van der Waals surface area (Å²) in [5, 5.41) is 11.4. The Labute approximate surface area is 176 Å². The van der Waals surface area contributed by atoms with Crippen molar-refractivity contribution in [2.45, 2.75) is 6.10 Å². The van der Waals surface area contributed by atoms with Gasteiger partial charge in [-0.2, -0.15) is 0 Å². The third kappa shape index (κ3) is 5.26. The molecule has 2 aromatic heterocycles. The van der Waals surface area contributed by atoms with Crippen molar-refractivity contribution in [2.24, 2.45) is 0 Å². The first-order valence-electron chi connectivity index (χ1n) is 8.91. The summed E-state index contributed by atoms with van der Waals surface area (Å²) < 4.78 is 5.84. The summed E-state index contributed by atoms with van der Waals surface area (Å²) in [6.45, 7) is 4.37. The zero-order valence-corrected chi connectivity index (χ0v) is 17.0. The van der Waals surface area contributed by atoms with Gasteiger partial charge in [-0.25, -0.2) is 9.97 Å². The van der Waals surface area contributed by atoms with Crippen LogP contribution in [0, 0.1) is 0 Å². The van der Waals surface area contributed by atoms with Gasteiger partial charge < -0.3 is 19.7 Å². The van der Waals surface area contributed by atoms with Crippen molar-refractivity contribution in [3.05, 3.63) is 48.9 Å². The Balaban J connectivity index is 0.00000140. The third-order valence-electron chi connectivity index (χ3n) is 4.66. The van der Waals surface area contributed by atoms with E-state index in [-0.39, 0.29) is 31.4 Å². The molecule has 1 saturated heterocycles. The fraction of sp³-hybridized carbons (Fsp3) is 0.368. The predicted molar refractivity (Wildman–Crippen MR) is 115 cm³/mol. The highest BCUT2D eigenvalue weighted by Gasteiger charge is 2.21. The highest BCUT2D eigenvalue weighted by atomic mass is 35.5. The van der Waals surface area contributed by atoms with Gasteiger partial charge in [-0.05, 0) is 24.3 Å². The molecule has 2 N–H and O–H groups in total. The van der Waals surface area contributed by atoms with Crippen LogP contribution < -0.4 is 9.64 Å². The van der Waals surface area contributed by atoms with Crippen LogP contribution in [0.25, 0.3) is 10.9 Å². The molecule has 1 aromatic carbocycles. The van der Waals surface area contributed by atoms with Gasteiger partial charge in [-0.3, -0.25) is 4.90 Å². The topological polar surface area (TPSA) is 77.5 Å². The summed E-state index contributed by atoms with van der Waals surface area (Å²) in [5.74, 6) is 1.57. The second-order valence-electron chi connectivity index (χ2n) is 6.50. The summed E-state index contributed by atoms with van der Waals surface area (Å²) in [4.78, 5) is 16.2. The maximum Gasteiger partial charge on any atom is 0.225 e. The Hall–Kier alpha value is -2.06. The second kappa shape index (κ2) is 10.5. The van der Waals surface area contributed by atoms with Crippen LogP contribution in [0.4, 0.5) is 5.95 Å². The molecule has 7 nitrogen and oxygen atoms in total. The van der Waals surface area contributed by atoms with Crippen molar-refractivity contribution in [1.82, 2.24) is 19.9 Å². The molecular formula is C19H25Cl2N5O2. The van der Waals surface area contributed by atoms with Crippen molar-refractivity contribution in [2.75, 3.05) is 44.2 Å². The lowest BCUT2D eigenvalue weighted by atomic mass is 10.2. The highest BCUT2D eigenvalue weighted by molar-refractivity contribution is 5.86. The molecule has 3 aromatic rings. The first-order chi connectivity index (χ1) is 12.8. The molecule has 0 aliphatic carbocycles. The fourth-order valence-electron chi connectivity index (χ4n) is 3.30. The number of β-amino-alcohol motifs (C(OH)–C–C–N with tert-alkyl or cyclic N) is 1. The van der Waals surface area contributed by atoms with Crippen molar-refractivity contribution in [1.29, 1.82) is 0 Å². The minimum atomic E-state index is -0.524. The summed E-state index contributed by atoms with van der Waals surface area (Å²) in [5.41, 5.74) is 1.04. The number of aromatic amines is 1. The van der Waals surface area contributed by atoms with Crippen LogP contribution in [-0.2, 0) is 0 Å². The molecule has 28 heavy (non-hydrogen) atoms. The van der Waals surface area contributed by atoms with E-state index in [1.165, 1.54) is 0 Å². The number of aliphatic hydroxyl groups is 1. The number of hydrogen-bond acceptors (Lipinski definition) is 6. The maximum absolute atomic E-state index is 10.4. The van der Waals surface area contributed by atoms with E-state index in [2.05, 4.69) is 24.8 Å². The van der Waals surface area contributed by atoms with Gasteiger partial charge in [-0.15, -0.1) is 24.8 Å². The normalized spacial score (nSPS) is 15.5. The number of ether oxygens (including phenoxy) is 1. The molecular weight excluding hydrogens is 401 g/mol. The molecule has 1 aliphatic rings. The summed E-state index contributed by atoms with van der Waals surface area (Å²) in [7, 11) is 0. The molecule has 152 valence electrons. The van der Waals surface area contributed by atoms with Gasteiger partial charge >= 0.3 is 0 Å². The van der Waals surface area contributed by atoms with Crippen LogP contribution in [0.2, 0.25) is 0 Å². The van der Waals surface area contributed by atoms with Gasteiger partial charge in [0.05, 0.1) is 0 Å². The van der Waals surface area contributed by atoms with Gasteiger partial charge in [0.25, 0.3) is 0 Å². The zero-order chi connectivity index (χ0) is 17.8. The average Bonchev–Trinajstić information content (AvgIpc) is 3.17. The Morgan fingerprint density at radius 3 is 2.54 bits per heavy atom. The number of aromatic nitrogens is 3. The van der Waals surface area contributed by atoms with Crippen molar-refractivity contribution in [3.8, 4) is 5.75 Å². The lowest BCUT2D eigenvalue weighted by Crippen LogP contribution is -2.49. The van der Waals surface area contributed by atoms with E-state index in [1.54, 1.807) is 12.4 Å².